The van der Waals surface area contributed by atoms with Gasteiger partial charge in [0.25, 0.3) is 5.91 Å². The maximum Gasteiger partial charge on any atom is 0.349 e. The molecule has 0 aliphatic carbocycles. The zero-order valence-corrected chi connectivity index (χ0v) is 26.3. The number of carboxylic acids is 1. The number of carbonyl (C=O) groups is 3. The predicted octanol–water partition coefficient (Wildman–Crippen LogP) is 4.00. The molecule has 5 aromatic rings. The SMILES string of the molecule is COc1ccc(C(NCCN(CC(=O)O)C(=O)Cn2ccc(NC(=O)c3ccccc3)nc2=O)(c2ccccc2)c2ccccc2)cc1. The second kappa shape index (κ2) is 15.5. The molecule has 0 spiro atoms. The molecule has 0 atom stereocenters. The minimum absolute atomic E-state index is 0.0239. The smallest absolute Gasteiger partial charge is 0.349 e. The lowest BCUT2D eigenvalue weighted by Gasteiger charge is -2.38. The summed E-state index contributed by atoms with van der Waals surface area (Å²) in [6, 6.07) is 37.3. The lowest BCUT2D eigenvalue weighted by molar-refractivity contribution is -0.144. The van der Waals surface area contributed by atoms with Crippen LogP contribution in [0.1, 0.15) is 27.0 Å². The molecule has 0 radical (unpaired) electrons. The monoisotopic (exact) mass is 645 g/mol. The summed E-state index contributed by atoms with van der Waals surface area (Å²) >= 11 is 0. The van der Waals surface area contributed by atoms with Crippen molar-refractivity contribution in [3.8, 4) is 5.75 Å². The fraction of sp³-hybridized carbons (Fsp3) is 0.162. The summed E-state index contributed by atoms with van der Waals surface area (Å²) in [6.07, 6.45) is 1.34. The van der Waals surface area contributed by atoms with Crippen LogP contribution in [0.4, 0.5) is 5.82 Å². The number of amides is 2. The van der Waals surface area contributed by atoms with E-state index in [1.807, 2.05) is 84.9 Å². The Morgan fingerprint density at radius 1 is 0.812 bits per heavy atom. The van der Waals surface area contributed by atoms with Crippen LogP contribution in [0, 0.1) is 0 Å². The van der Waals surface area contributed by atoms with Gasteiger partial charge >= 0.3 is 11.7 Å². The minimum Gasteiger partial charge on any atom is -0.497 e. The van der Waals surface area contributed by atoms with Crippen LogP contribution in [0.25, 0.3) is 0 Å². The van der Waals surface area contributed by atoms with Crippen LogP contribution < -0.4 is 21.1 Å². The molecule has 5 rings (SSSR count). The molecule has 0 bridgehead atoms. The Labute approximate surface area is 277 Å². The highest BCUT2D eigenvalue weighted by Gasteiger charge is 2.36. The third-order valence-electron chi connectivity index (χ3n) is 7.84. The number of carbonyl (C=O) groups excluding carboxylic acids is 2. The average Bonchev–Trinajstić information content (AvgIpc) is 3.12. The maximum atomic E-state index is 13.4. The van der Waals surface area contributed by atoms with E-state index in [1.165, 1.54) is 17.2 Å². The first kappa shape index (κ1) is 33.3. The Balaban J connectivity index is 1.37. The molecule has 11 heteroatoms. The van der Waals surface area contributed by atoms with Gasteiger partial charge in [0.1, 0.15) is 24.7 Å². The zero-order valence-electron chi connectivity index (χ0n) is 26.3. The van der Waals surface area contributed by atoms with Crippen molar-refractivity contribution >= 4 is 23.6 Å². The standard InChI is InChI=1S/C37H35N5O6/c1-48-31-19-17-30(18-20-31)37(28-13-7-3-8-14-28,29-15-9-4-10-16-29)38-22-24-41(26-34(44)45)33(43)25-42-23-21-32(40-36(42)47)39-35(46)27-11-5-2-6-12-27/h2-21,23,38H,22,24-26H2,1H3,(H,44,45)(H,39,40,46,47). The number of ether oxygens (including phenoxy) is 1. The normalized spacial score (nSPS) is 11.0. The lowest BCUT2D eigenvalue weighted by Crippen LogP contribution is -2.49. The molecule has 3 N–H and O–H groups in total. The van der Waals surface area contributed by atoms with E-state index in [0.29, 0.717) is 11.3 Å². The van der Waals surface area contributed by atoms with Crippen molar-refractivity contribution < 1.29 is 24.2 Å². The van der Waals surface area contributed by atoms with Crippen molar-refractivity contribution in [1.29, 1.82) is 0 Å². The van der Waals surface area contributed by atoms with E-state index in [0.717, 1.165) is 21.3 Å². The van der Waals surface area contributed by atoms with Gasteiger partial charge in [-0.05, 0) is 47.0 Å². The van der Waals surface area contributed by atoms with E-state index in [4.69, 9.17) is 4.74 Å². The molecule has 4 aromatic carbocycles. The van der Waals surface area contributed by atoms with E-state index in [2.05, 4.69) is 15.6 Å². The number of rotatable bonds is 14. The van der Waals surface area contributed by atoms with Crippen LogP contribution in [0.15, 0.2) is 132 Å². The van der Waals surface area contributed by atoms with E-state index in [-0.39, 0.29) is 18.9 Å². The number of anilines is 1. The lowest BCUT2D eigenvalue weighted by atomic mass is 9.77. The topological polar surface area (TPSA) is 143 Å². The third kappa shape index (κ3) is 7.83. The van der Waals surface area contributed by atoms with Crippen molar-refractivity contribution in [2.75, 3.05) is 32.1 Å². The molecule has 0 saturated carbocycles. The fourth-order valence-corrected chi connectivity index (χ4v) is 5.50. The number of hydrogen-bond acceptors (Lipinski definition) is 7. The minimum atomic E-state index is -1.19. The predicted molar refractivity (Wildman–Crippen MR) is 181 cm³/mol. The number of methoxy groups -OCH3 is 1. The van der Waals surface area contributed by atoms with Gasteiger partial charge in [0.05, 0.1) is 12.6 Å². The van der Waals surface area contributed by atoms with Gasteiger partial charge in [-0.1, -0.05) is 91.0 Å². The van der Waals surface area contributed by atoms with Crippen molar-refractivity contribution in [3.63, 3.8) is 0 Å². The molecular formula is C37H35N5O6. The van der Waals surface area contributed by atoms with Crippen LogP contribution >= 0.6 is 0 Å². The number of nitrogens with zero attached hydrogens (tertiary/aromatic N) is 3. The molecule has 11 nitrogen and oxygen atoms in total. The highest BCUT2D eigenvalue weighted by molar-refractivity contribution is 6.03. The number of aromatic nitrogens is 2. The van der Waals surface area contributed by atoms with Crippen molar-refractivity contribution in [2.45, 2.75) is 12.1 Å². The van der Waals surface area contributed by atoms with Crippen LogP contribution in [0.5, 0.6) is 5.75 Å². The summed E-state index contributed by atoms with van der Waals surface area (Å²) in [5.74, 6) is -1.49. The molecule has 2 amide bonds. The van der Waals surface area contributed by atoms with Crippen LogP contribution in [0.2, 0.25) is 0 Å². The zero-order chi connectivity index (χ0) is 33.9. The number of aliphatic carboxylic acids is 1. The Morgan fingerprint density at radius 3 is 1.92 bits per heavy atom. The average molecular weight is 646 g/mol. The summed E-state index contributed by atoms with van der Waals surface area (Å²) < 4.78 is 6.47. The van der Waals surface area contributed by atoms with Gasteiger partial charge in [0.15, 0.2) is 0 Å². The highest BCUT2D eigenvalue weighted by atomic mass is 16.5. The van der Waals surface area contributed by atoms with Crippen LogP contribution in [-0.2, 0) is 21.7 Å². The summed E-state index contributed by atoms with van der Waals surface area (Å²) in [5.41, 5.74) is 1.55. The molecule has 1 heterocycles. The molecule has 48 heavy (non-hydrogen) atoms. The van der Waals surface area contributed by atoms with E-state index >= 15 is 0 Å². The molecule has 0 unspecified atom stereocenters. The molecule has 0 fully saturated rings. The molecule has 0 aliphatic rings. The molecule has 1 aromatic heterocycles. The van der Waals surface area contributed by atoms with Gasteiger partial charge < -0.3 is 20.1 Å². The fourth-order valence-electron chi connectivity index (χ4n) is 5.50. The third-order valence-corrected chi connectivity index (χ3v) is 7.84. The summed E-state index contributed by atoms with van der Waals surface area (Å²) in [6.45, 7) is -0.782. The van der Waals surface area contributed by atoms with E-state index in [1.54, 1.807) is 37.4 Å². The van der Waals surface area contributed by atoms with E-state index in [9.17, 15) is 24.3 Å². The van der Waals surface area contributed by atoms with Crippen LogP contribution in [0.3, 0.4) is 0 Å². The number of carboxylic acid groups (broad SMARTS) is 1. The quantitative estimate of drug-likeness (QED) is 0.154. The number of nitrogens with one attached hydrogen (secondary N) is 2. The van der Waals surface area contributed by atoms with Crippen molar-refractivity contribution in [2.24, 2.45) is 0 Å². The van der Waals surface area contributed by atoms with Gasteiger partial charge in [0.2, 0.25) is 5.91 Å². The van der Waals surface area contributed by atoms with Gasteiger partial charge in [-0.3, -0.25) is 24.3 Å². The molecular weight excluding hydrogens is 610 g/mol. The molecule has 244 valence electrons. The van der Waals surface area contributed by atoms with Gasteiger partial charge in [-0.2, -0.15) is 4.98 Å². The number of benzene rings is 4. The summed E-state index contributed by atoms with van der Waals surface area (Å²) in [7, 11) is 1.60. The Morgan fingerprint density at radius 2 is 1.38 bits per heavy atom. The Bertz CT molecular complexity index is 1860. The summed E-state index contributed by atoms with van der Waals surface area (Å²) in [4.78, 5) is 55.6. The summed E-state index contributed by atoms with van der Waals surface area (Å²) in [5, 5.41) is 15.9. The first-order valence-electron chi connectivity index (χ1n) is 15.2. The van der Waals surface area contributed by atoms with E-state index < -0.39 is 42.1 Å². The first-order chi connectivity index (χ1) is 23.3. The largest absolute Gasteiger partial charge is 0.497 e. The van der Waals surface area contributed by atoms with Crippen molar-refractivity contribution in [1.82, 2.24) is 19.8 Å². The van der Waals surface area contributed by atoms with Crippen molar-refractivity contribution in [3.05, 3.63) is 160 Å². The molecule has 0 aliphatic heterocycles. The second-order valence-corrected chi connectivity index (χ2v) is 10.9. The van der Waals surface area contributed by atoms with Crippen LogP contribution in [-0.4, -0.2) is 64.1 Å². The van der Waals surface area contributed by atoms with Gasteiger partial charge in [-0.25, -0.2) is 4.79 Å². The highest BCUT2D eigenvalue weighted by Crippen LogP contribution is 2.37. The first-order valence-corrected chi connectivity index (χ1v) is 15.2. The number of hydrogen-bond donors (Lipinski definition) is 3. The Hall–Kier alpha value is -6.07. The molecule has 0 saturated heterocycles. The maximum absolute atomic E-state index is 13.4. The van der Waals surface area contributed by atoms with Gasteiger partial charge in [0, 0.05) is 24.8 Å². The van der Waals surface area contributed by atoms with Gasteiger partial charge in [-0.15, -0.1) is 0 Å². The Kier molecular flexibility index (Phi) is 10.7. The second-order valence-electron chi connectivity index (χ2n) is 10.9.